The monoisotopic (exact) mass is 279 g/mol. The number of thiazole rings is 1. The van der Waals surface area contributed by atoms with E-state index in [1.807, 2.05) is 35.7 Å². The van der Waals surface area contributed by atoms with Crippen molar-refractivity contribution in [2.75, 3.05) is 5.88 Å². The Labute approximate surface area is 116 Å². The maximum absolute atomic E-state index is 11.6. The van der Waals surface area contributed by atoms with Gasteiger partial charge in [-0.3, -0.25) is 4.79 Å². The van der Waals surface area contributed by atoms with Crippen LogP contribution >= 0.6 is 22.9 Å². The first-order valence-corrected chi connectivity index (χ1v) is 7.28. The second-order valence-electron chi connectivity index (χ2n) is 4.00. The third-order valence-corrected chi connectivity index (χ3v) is 3.68. The summed E-state index contributed by atoms with van der Waals surface area (Å²) in [4.78, 5) is 16.1. The molecule has 2 aromatic rings. The molecule has 1 aromatic carbocycles. The summed E-state index contributed by atoms with van der Waals surface area (Å²) >= 11 is 7.11. The summed E-state index contributed by atoms with van der Waals surface area (Å²) < 4.78 is 0. The van der Waals surface area contributed by atoms with E-state index in [1.54, 1.807) is 11.3 Å². The van der Waals surface area contributed by atoms with Gasteiger partial charge in [0.15, 0.2) is 0 Å². The largest absolute Gasteiger partial charge is 0.299 e. The van der Waals surface area contributed by atoms with E-state index in [4.69, 9.17) is 11.6 Å². The van der Waals surface area contributed by atoms with Crippen molar-refractivity contribution >= 4 is 28.7 Å². The first kappa shape index (κ1) is 13.2. The molecule has 4 heteroatoms. The van der Waals surface area contributed by atoms with Crippen molar-refractivity contribution in [1.82, 2.24) is 4.98 Å². The fourth-order valence-electron chi connectivity index (χ4n) is 1.65. The Bertz CT molecular complexity index is 510. The standard InChI is InChI=1S/C14H14ClNOS/c15-8-4-7-12(17)9-14-16-13(10-18-14)11-5-2-1-3-6-11/h1-3,5-6,10H,4,7-9H2. The zero-order valence-electron chi connectivity index (χ0n) is 9.93. The van der Waals surface area contributed by atoms with Crippen LogP contribution in [0.1, 0.15) is 17.8 Å². The fourth-order valence-corrected chi connectivity index (χ4v) is 2.62. The van der Waals surface area contributed by atoms with E-state index in [1.165, 1.54) is 0 Å². The zero-order valence-corrected chi connectivity index (χ0v) is 11.5. The van der Waals surface area contributed by atoms with Gasteiger partial charge in [0.25, 0.3) is 0 Å². The zero-order chi connectivity index (χ0) is 12.8. The molecule has 0 saturated heterocycles. The molecule has 1 heterocycles. The first-order chi connectivity index (χ1) is 8.79. The van der Waals surface area contributed by atoms with E-state index < -0.39 is 0 Å². The van der Waals surface area contributed by atoms with Gasteiger partial charge in [0.2, 0.25) is 0 Å². The Morgan fingerprint density at radius 3 is 2.78 bits per heavy atom. The summed E-state index contributed by atoms with van der Waals surface area (Å²) in [6.45, 7) is 0. The van der Waals surface area contributed by atoms with Gasteiger partial charge in [-0.2, -0.15) is 0 Å². The van der Waals surface area contributed by atoms with Crippen molar-refractivity contribution in [2.45, 2.75) is 19.3 Å². The average Bonchev–Trinajstić information content (AvgIpc) is 2.86. The van der Waals surface area contributed by atoms with Gasteiger partial charge in [-0.25, -0.2) is 4.98 Å². The summed E-state index contributed by atoms with van der Waals surface area (Å²) in [6, 6.07) is 9.99. The Kier molecular flexibility index (Phi) is 4.90. The van der Waals surface area contributed by atoms with E-state index in [0.29, 0.717) is 18.7 Å². The number of alkyl halides is 1. The molecule has 0 bridgehead atoms. The first-order valence-electron chi connectivity index (χ1n) is 5.87. The van der Waals surface area contributed by atoms with Crippen LogP contribution in [-0.4, -0.2) is 16.6 Å². The van der Waals surface area contributed by atoms with Crippen molar-refractivity contribution in [3.8, 4) is 11.3 Å². The minimum atomic E-state index is 0.213. The van der Waals surface area contributed by atoms with Gasteiger partial charge < -0.3 is 0 Å². The predicted octanol–water partition coefficient (Wildman–Crippen LogP) is 3.94. The van der Waals surface area contributed by atoms with Crippen LogP contribution in [0.4, 0.5) is 0 Å². The predicted molar refractivity (Wildman–Crippen MR) is 76.2 cm³/mol. The van der Waals surface area contributed by atoms with Crippen molar-refractivity contribution in [3.63, 3.8) is 0 Å². The van der Waals surface area contributed by atoms with Crippen molar-refractivity contribution in [3.05, 3.63) is 40.7 Å². The Morgan fingerprint density at radius 1 is 1.28 bits per heavy atom. The lowest BCUT2D eigenvalue weighted by molar-refractivity contribution is -0.118. The molecule has 0 saturated carbocycles. The molecule has 0 atom stereocenters. The topological polar surface area (TPSA) is 30.0 Å². The van der Waals surface area contributed by atoms with Crippen LogP contribution in [0.3, 0.4) is 0 Å². The molecular formula is C14H14ClNOS. The van der Waals surface area contributed by atoms with Crippen LogP contribution in [0.15, 0.2) is 35.7 Å². The quantitative estimate of drug-likeness (QED) is 0.750. The molecule has 1 aromatic heterocycles. The molecule has 18 heavy (non-hydrogen) atoms. The second kappa shape index (κ2) is 6.66. The average molecular weight is 280 g/mol. The van der Waals surface area contributed by atoms with Gasteiger partial charge >= 0.3 is 0 Å². The number of hydrogen-bond donors (Lipinski definition) is 0. The number of carbonyl (C=O) groups excluding carboxylic acids is 1. The smallest absolute Gasteiger partial charge is 0.139 e. The second-order valence-corrected chi connectivity index (χ2v) is 5.32. The third kappa shape index (κ3) is 3.65. The molecule has 0 N–H and O–H groups in total. The SMILES string of the molecule is O=C(CCCCl)Cc1nc(-c2ccccc2)cs1. The van der Waals surface area contributed by atoms with E-state index in [0.717, 1.165) is 22.7 Å². The van der Waals surface area contributed by atoms with Gasteiger partial charge in [-0.05, 0) is 6.42 Å². The molecule has 0 fully saturated rings. The molecule has 0 spiro atoms. The van der Waals surface area contributed by atoms with Crippen LogP contribution in [0.25, 0.3) is 11.3 Å². The maximum Gasteiger partial charge on any atom is 0.139 e. The summed E-state index contributed by atoms with van der Waals surface area (Å²) in [7, 11) is 0. The lowest BCUT2D eigenvalue weighted by Crippen LogP contribution is -2.02. The third-order valence-electron chi connectivity index (χ3n) is 2.56. The van der Waals surface area contributed by atoms with E-state index in [-0.39, 0.29) is 5.78 Å². The molecule has 0 aliphatic heterocycles. The number of Topliss-reactive ketones (excluding diaryl/α,β-unsaturated/α-hetero) is 1. The molecule has 0 aliphatic rings. The van der Waals surface area contributed by atoms with Crippen molar-refractivity contribution in [1.29, 1.82) is 0 Å². The summed E-state index contributed by atoms with van der Waals surface area (Å²) in [5.41, 5.74) is 2.04. The normalized spacial score (nSPS) is 10.5. The molecule has 0 aliphatic carbocycles. The molecule has 0 amide bonds. The highest BCUT2D eigenvalue weighted by Crippen LogP contribution is 2.22. The lowest BCUT2D eigenvalue weighted by Gasteiger charge is -1.96. The summed E-state index contributed by atoms with van der Waals surface area (Å²) in [5.74, 6) is 0.753. The molecule has 2 nitrogen and oxygen atoms in total. The summed E-state index contributed by atoms with van der Waals surface area (Å²) in [6.07, 6.45) is 1.72. The minimum absolute atomic E-state index is 0.213. The van der Waals surface area contributed by atoms with Gasteiger partial charge in [-0.1, -0.05) is 30.3 Å². The Morgan fingerprint density at radius 2 is 2.06 bits per heavy atom. The van der Waals surface area contributed by atoms with Gasteiger partial charge in [0.1, 0.15) is 10.8 Å². The highest BCUT2D eigenvalue weighted by molar-refractivity contribution is 7.10. The molecular weight excluding hydrogens is 266 g/mol. The maximum atomic E-state index is 11.6. The van der Waals surface area contributed by atoms with E-state index >= 15 is 0 Å². The van der Waals surface area contributed by atoms with Crippen LogP contribution in [-0.2, 0) is 11.2 Å². The minimum Gasteiger partial charge on any atom is -0.299 e. The molecule has 0 radical (unpaired) electrons. The molecule has 0 unspecified atom stereocenters. The number of hydrogen-bond acceptors (Lipinski definition) is 3. The van der Waals surface area contributed by atoms with Gasteiger partial charge in [0.05, 0.1) is 12.1 Å². The van der Waals surface area contributed by atoms with Crippen LogP contribution in [0.2, 0.25) is 0 Å². The number of halogens is 1. The number of benzene rings is 1. The molecule has 94 valence electrons. The van der Waals surface area contributed by atoms with Crippen LogP contribution < -0.4 is 0 Å². The van der Waals surface area contributed by atoms with Crippen molar-refractivity contribution in [2.24, 2.45) is 0 Å². The van der Waals surface area contributed by atoms with E-state index in [9.17, 15) is 4.79 Å². The number of nitrogens with zero attached hydrogens (tertiary/aromatic N) is 1. The summed E-state index contributed by atoms with van der Waals surface area (Å²) in [5, 5.41) is 2.88. The lowest BCUT2D eigenvalue weighted by atomic mass is 10.2. The highest BCUT2D eigenvalue weighted by Gasteiger charge is 2.08. The number of ketones is 1. The number of rotatable bonds is 6. The number of aromatic nitrogens is 1. The van der Waals surface area contributed by atoms with Crippen molar-refractivity contribution < 1.29 is 4.79 Å². The van der Waals surface area contributed by atoms with Crippen LogP contribution in [0.5, 0.6) is 0 Å². The number of carbonyl (C=O) groups is 1. The van der Waals surface area contributed by atoms with Gasteiger partial charge in [0, 0.05) is 23.2 Å². The Balaban J connectivity index is 2.00. The fraction of sp³-hybridized carbons (Fsp3) is 0.286. The van der Waals surface area contributed by atoms with Gasteiger partial charge in [-0.15, -0.1) is 22.9 Å². The van der Waals surface area contributed by atoms with E-state index in [2.05, 4.69) is 4.98 Å². The highest BCUT2D eigenvalue weighted by atomic mass is 35.5. The Hall–Kier alpha value is -1.19. The molecule has 2 rings (SSSR count). The van der Waals surface area contributed by atoms with Crippen LogP contribution in [0, 0.1) is 0 Å².